The number of aryl methyl sites for hydroxylation is 1. The summed E-state index contributed by atoms with van der Waals surface area (Å²) >= 11 is 3.53. The van der Waals surface area contributed by atoms with Gasteiger partial charge in [-0.05, 0) is 18.9 Å². The number of hydrogen-bond donors (Lipinski definition) is 1. The van der Waals surface area contributed by atoms with Crippen molar-refractivity contribution in [3.8, 4) is 0 Å². The van der Waals surface area contributed by atoms with Crippen LogP contribution in [0.1, 0.15) is 42.6 Å². The van der Waals surface area contributed by atoms with Crippen molar-refractivity contribution in [1.82, 2.24) is 15.1 Å². The molecule has 1 N–H and O–H groups in total. The zero-order chi connectivity index (χ0) is 12.3. The Kier molecular flexibility index (Phi) is 3.86. The summed E-state index contributed by atoms with van der Waals surface area (Å²) < 4.78 is 1.65. The van der Waals surface area contributed by atoms with Crippen molar-refractivity contribution < 1.29 is 4.79 Å². The molecule has 1 aromatic heterocycles. The number of carbonyl (C=O) groups excluding carboxylic acids is 1. The van der Waals surface area contributed by atoms with Crippen LogP contribution in [0.2, 0.25) is 0 Å². The first-order valence-corrected chi connectivity index (χ1v) is 7.15. The molecule has 0 spiro atoms. The van der Waals surface area contributed by atoms with Crippen LogP contribution in [-0.4, -0.2) is 26.6 Å². The Labute approximate surface area is 110 Å². The molecule has 0 atom stereocenters. The molecule has 5 heteroatoms. The molecule has 1 aliphatic carbocycles. The van der Waals surface area contributed by atoms with Crippen LogP contribution in [0.15, 0.2) is 12.3 Å². The lowest BCUT2D eigenvalue weighted by atomic mass is 9.83. The van der Waals surface area contributed by atoms with Crippen LogP contribution in [0, 0.1) is 0 Å². The first-order chi connectivity index (χ1) is 8.15. The summed E-state index contributed by atoms with van der Waals surface area (Å²) in [6.45, 7) is 0. The van der Waals surface area contributed by atoms with Gasteiger partial charge < -0.3 is 5.32 Å². The van der Waals surface area contributed by atoms with Gasteiger partial charge in [-0.3, -0.25) is 9.48 Å². The maximum Gasteiger partial charge on any atom is 0.272 e. The van der Waals surface area contributed by atoms with E-state index < -0.39 is 0 Å². The fraction of sp³-hybridized carbons (Fsp3) is 0.667. The van der Waals surface area contributed by atoms with Crippen LogP contribution in [-0.2, 0) is 7.05 Å². The van der Waals surface area contributed by atoms with E-state index in [-0.39, 0.29) is 11.4 Å². The summed E-state index contributed by atoms with van der Waals surface area (Å²) in [6.07, 6.45) is 7.54. The van der Waals surface area contributed by atoms with Crippen molar-refractivity contribution in [1.29, 1.82) is 0 Å². The van der Waals surface area contributed by atoms with E-state index in [1.54, 1.807) is 16.9 Å². The minimum Gasteiger partial charge on any atom is -0.344 e. The van der Waals surface area contributed by atoms with Crippen LogP contribution in [0.3, 0.4) is 0 Å². The van der Waals surface area contributed by atoms with Gasteiger partial charge in [0.2, 0.25) is 0 Å². The van der Waals surface area contributed by atoms with Crippen molar-refractivity contribution in [2.24, 2.45) is 7.05 Å². The SMILES string of the molecule is Cn1ccc(C(=O)NC2(CBr)CCCCC2)n1. The van der Waals surface area contributed by atoms with E-state index in [2.05, 4.69) is 26.3 Å². The number of alkyl halides is 1. The molecule has 4 nitrogen and oxygen atoms in total. The summed E-state index contributed by atoms with van der Waals surface area (Å²) in [4.78, 5) is 12.1. The van der Waals surface area contributed by atoms with Gasteiger partial charge in [-0.2, -0.15) is 5.10 Å². The highest BCUT2D eigenvalue weighted by molar-refractivity contribution is 9.09. The van der Waals surface area contributed by atoms with Gasteiger partial charge in [0.1, 0.15) is 5.69 Å². The molecule has 94 valence electrons. The smallest absolute Gasteiger partial charge is 0.272 e. The van der Waals surface area contributed by atoms with E-state index in [1.165, 1.54) is 19.3 Å². The molecule has 1 amide bonds. The number of aromatic nitrogens is 2. The fourth-order valence-corrected chi connectivity index (χ4v) is 3.06. The molecule has 1 aromatic rings. The Hall–Kier alpha value is -0.840. The summed E-state index contributed by atoms with van der Waals surface area (Å²) in [5.74, 6) is -0.0630. The van der Waals surface area contributed by atoms with Gasteiger partial charge in [0.05, 0.1) is 5.54 Å². The predicted octanol–water partition coefficient (Wildman–Crippen LogP) is 2.25. The third-order valence-electron chi connectivity index (χ3n) is 3.39. The van der Waals surface area contributed by atoms with Crippen LogP contribution < -0.4 is 5.32 Å². The Morgan fingerprint density at radius 3 is 2.76 bits per heavy atom. The van der Waals surface area contributed by atoms with Crippen molar-refractivity contribution in [3.63, 3.8) is 0 Å². The number of carbonyl (C=O) groups is 1. The minimum atomic E-state index is -0.0765. The molecule has 0 aliphatic heterocycles. The first kappa shape index (κ1) is 12.6. The zero-order valence-electron chi connectivity index (χ0n) is 10.1. The average Bonchev–Trinajstić information content (AvgIpc) is 2.77. The molecule has 0 saturated heterocycles. The second-order valence-corrected chi connectivity index (χ2v) is 5.36. The maximum atomic E-state index is 12.1. The van der Waals surface area contributed by atoms with Crippen LogP contribution in [0.5, 0.6) is 0 Å². The lowest BCUT2D eigenvalue weighted by Crippen LogP contribution is -2.51. The van der Waals surface area contributed by atoms with Gasteiger partial charge in [-0.15, -0.1) is 0 Å². The molecule has 1 fully saturated rings. The van der Waals surface area contributed by atoms with E-state index in [0.717, 1.165) is 18.2 Å². The molecule has 1 heterocycles. The molecular formula is C12H18BrN3O. The molecule has 0 unspecified atom stereocenters. The van der Waals surface area contributed by atoms with Crippen molar-refractivity contribution in [2.45, 2.75) is 37.6 Å². The lowest BCUT2D eigenvalue weighted by molar-refractivity contribution is 0.0880. The Morgan fingerprint density at radius 2 is 2.24 bits per heavy atom. The zero-order valence-corrected chi connectivity index (χ0v) is 11.7. The van der Waals surface area contributed by atoms with E-state index in [9.17, 15) is 4.79 Å². The van der Waals surface area contributed by atoms with Gasteiger partial charge in [0.15, 0.2) is 0 Å². The van der Waals surface area contributed by atoms with Crippen LogP contribution >= 0.6 is 15.9 Å². The van der Waals surface area contributed by atoms with E-state index in [0.29, 0.717) is 5.69 Å². The Bertz CT molecular complexity index is 396. The van der Waals surface area contributed by atoms with Crippen molar-refractivity contribution >= 4 is 21.8 Å². The van der Waals surface area contributed by atoms with E-state index in [4.69, 9.17) is 0 Å². The Morgan fingerprint density at radius 1 is 1.53 bits per heavy atom. The van der Waals surface area contributed by atoms with Crippen molar-refractivity contribution in [2.75, 3.05) is 5.33 Å². The monoisotopic (exact) mass is 299 g/mol. The highest BCUT2D eigenvalue weighted by Gasteiger charge is 2.33. The fourth-order valence-electron chi connectivity index (χ4n) is 2.36. The quantitative estimate of drug-likeness (QED) is 0.870. The van der Waals surface area contributed by atoms with Gasteiger partial charge in [-0.1, -0.05) is 35.2 Å². The number of halogens is 1. The lowest BCUT2D eigenvalue weighted by Gasteiger charge is -2.36. The third kappa shape index (κ3) is 2.89. The van der Waals surface area contributed by atoms with Gasteiger partial charge in [0.25, 0.3) is 5.91 Å². The molecule has 1 saturated carbocycles. The highest BCUT2D eigenvalue weighted by atomic mass is 79.9. The van der Waals surface area contributed by atoms with Gasteiger partial charge in [-0.25, -0.2) is 0 Å². The van der Waals surface area contributed by atoms with E-state index in [1.807, 2.05) is 7.05 Å². The summed E-state index contributed by atoms with van der Waals surface area (Å²) in [5, 5.41) is 8.10. The van der Waals surface area contributed by atoms with Crippen LogP contribution in [0.4, 0.5) is 0 Å². The van der Waals surface area contributed by atoms with Gasteiger partial charge in [0, 0.05) is 18.6 Å². The topological polar surface area (TPSA) is 46.9 Å². The molecular weight excluding hydrogens is 282 g/mol. The number of nitrogens with zero attached hydrogens (tertiary/aromatic N) is 2. The van der Waals surface area contributed by atoms with Gasteiger partial charge >= 0.3 is 0 Å². The number of amides is 1. The molecule has 0 radical (unpaired) electrons. The molecule has 1 aliphatic rings. The predicted molar refractivity (Wildman–Crippen MR) is 70.3 cm³/mol. The molecule has 17 heavy (non-hydrogen) atoms. The second kappa shape index (κ2) is 5.21. The van der Waals surface area contributed by atoms with E-state index >= 15 is 0 Å². The van der Waals surface area contributed by atoms with Crippen molar-refractivity contribution in [3.05, 3.63) is 18.0 Å². The van der Waals surface area contributed by atoms with Crippen LogP contribution in [0.25, 0.3) is 0 Å². The summed E-state index contributed by atoms with van der Waals surface area (Å²) in [6, 6.07) is 1.75. The standard InChI is InChI=1S/C12H18BrN3O/c1-16-8-5-10(15-16)11(17)14-12(9-13)6-3-2-4-7-12/h5,8H,2-4,6-7,9H2,1H3,(H,14,17). The first-order valence-electron chi connectivity index (χ1n) is 6.03. The minimum absolute atomic E-state index is 0.0630. The second-order valence-electron chi connectivity index (χ2n) is 4.80. The Balaban J connectivity index is 2.05. The number of rotatable bonds is 3. The maximum absolute atomic E-state index is 12.1. The average molecular weight is 300 g/mol. The molecule has 0 aromatic carbocycles. The molecule has 2 rings (SSSR count). The highest BCUT2D eigenvalue weighted by Crippen LogP contribution is 2.30. The normalized spacial score (nSPS) is 18.9. The number of nitrogens with one attached hydrogen (secondary N) is 1. The number of hydrogen-bond acceptors (Lipinski definition) is 2. The largest absolute Gasteiger partial charge is 0.344 e. The third-order valence-corrected chi connectivity index (χ3v) is 4.46. The summed E-state index contributed by atoms with van der Waals surface area (Å²) in [5.41, 5.74) is 0.422. The molecule has 0 bridgehead atoms. The summed E-state index contributed by atoms with van der Waals surface area (Å²) in [7, 11) is 1.82.